The van der Waals surface area contributed by atoms with Crippen LogP contribution in [0.1, 0.15) is 19.3 Å². The van der Waals surface area contributed by atoms with Crippen molar-refractivity contribution >= 4 is 5.82 Å². The van der Waals surface area contributed by atoms with E-state index in [1.807, 2.05) is 30.3 Å². The zero-order valence-corrected chi connectivity index (χ0v) is 16.0. The molecule has 3 aromatic rings. The van der Waals surface area contributed by atoms with Gasteiger partial charge in [-0.15, -0.1) is 0 Å². The number of methoxy groups -OCH3 is 2. The van der Waals surface area contributed by atoms with Gasteiger partial charge in [-0.1, -0.05) is 11.2 Å². The predicted molar refractivity (Wildman–Crippen MR) is 105 cm³/mol. The van der Waals surface area contributed by atoms with Crippen LogP contribution in [-0.4, -0.2) is 41.9 Å². The standard InChI is InChI=1S/C21H22N4O3/c1-26-17-5-3-4-16(19(17)27-2)20-23-21(28-24-20)14-7-9-18(22-11-14)25-12-13-6-8-15(25)10-13/h3-5,7,9,11,13,15H,6,8,10,12H2,1-2H3. The first kappa shape index (κ1) is 17.0. The maximum atomic E-state index is 5.48. The van der Waals surface area contributed by atoms with E-state index in [0.717, 1.165) is 29.4 Å². The topological polar surface area (TPSA) is 73.5 Å². The summed E-state index contributed by atoms with van der Waals surface area (Å²) in [7, 11) is 3.19. The monoisotopic (exact) mass is 378 g/mol. The number of ether oxygens (including phenoxy) is 2. The molecule has 1 aliphatic carbocycles. The van der Waals surface area contributed by atoms with Crippen LogP contribution >= 0.6 is 0 Å². The Morgan fingerprint density at radius 1 is 1.11 bits per heavy atom. The normalized spacial score (nSPS) is 20.6. The van der Waals surface area contributed by atoms with Crippen LogP contribution in [0, 0.1) is 5.92 Å². The number of aromatic nitrogens is 3. The van der Waals surface area contributed by atoms with E-state index in [0.29, 0.717) is 29.3 Å². The third-order valence-corrected chi connectivity index (χ3v) is 5.77. The first-order valence-corrected chi connectivity index (χ1v) is 9.55. The van der Waals surface area contributed by atoms with Gasteiger partial charge in [0.15, 0.2) is 11.5 Å². The van der Waals surface area contributed by atoms with Gasteiger partial charge in [-0.2, -0.15) is 4.98 Å². The quantitative estimate of drug-likeness (QED) is 0.668. The van der Waals surface area contributed by atoms with Crippen molar-refractivity contribution < 1.29 is 14.0 Å². The number of hydrogen-bond donors (Lipinski definition) is 0. The summed E-state index contributed by atoms with van der Waals surface area (Å²) >= 11 is 0. The summed E-state index contributed by atoms with van der Waals surface area (Å²) in [5, 5.41) is 4.12. The molecule has 2 unspecified atom stereocenters. The second kappa shape index (κ2) is 6.82. The molecule has 5 rings (SSSR count). The lowest BCUT2D eigenvalue weighted by Crippen LogP contribution is -2.32. The Balaban J connectivity index is 1.41. The largest absolute Gasteiger partial charge is 0.493 e. The average Bonchev–Trinajstić information content (AvgIpc) is 3.50. The molecule has 7 heteroatoms. The van der Waals surface area contributed by atoms with Crippen LogP contribution in [0.25, 0.3) is 22.8 Å². The van der Waals surface area contributed by atoms with Gasteiger partial charge in [-0.05, 0) is 49.4 Å². The zero-order valence-electron chi connectivity index (χ0n) is 16.0. The molecule has 2 fully saturated rings. The van der Waals surface area contributed by atoms with E-state index in [4.69, 9.17) is 14.0 Å². The minimum absolute atomic E-state index is 0.432. The van der Waals surface area contributed by atoms with Crippen molar-refractivity contribution in [2.45, 2.75) is 25.3 Å². The Bertz CT molecular complexity index is 986. The van der Waals surface area contributed by atoms with E-state index < -0.39 is 0 Å². The van der Waals surface area contributed by atoms with Crippen LogP contribution in [0.5, 0.6) is 11.5 Å². The fourth-order valence-corrected chi connectivity index (χ4v) is 4.40. The summed E-state index contributed by atoms with van der Waals surface area (Å²) in [6, 6.07) is 10.3. The summed E-state index contributed by atoms with van der Waals surface area (Å²) in [4.78, 5) is 11.6. The maximum absolute atomic E-state index is 5.48. The van der Waals surface area contributed by atoms with E-state index in [1.165, 1.54) is 19.3 Å². The summed E-state index contributed by atoms with van der Waals surface area (Å²) in [5.41, 5.74) is 1.52. The molecule has 7 nitrogen and oxygen atoms in total. The third-order valence-electron chi connectivity index (χ3n) is 5.77. The van der Waals surface area contributed by atoms with E-state index in [-0.39, 0.29) is 0 Å². The second-order valence-electron chi connectivity index (χ2n) is 7.35. The number of fused-ring (bicyclic) bond motifs is 2. The Labute approximate surface area is 163 Å². The Morgan fingerprint density at radius 3 is 2.71 bits per heavy atom. The minimum atomic E-state index is 0.432. The number of para-hydroxylation sites is 1. The van der Waals surface area contributed by atoms with Gasteiger partial charge in [-0.3, -0.25) is 0 Å². The van der Waals surface area contributed by atoms with Gasteiger partial charge in [0.2, 0.25) is 5.82 Å². The van der Waals surface area contributed by atoms with Crippen molar-refractivity contribution in [3.63, 3.8) is 0 Å². The van der Waals surface area contributed by atoms with Crippen LogP contribution in [0.4, 0.5) is 5.82 Å². The first-order chi connectivity index (χ1) is 13.8. The molecular formula is C21H22N4O3. The Morgan fingerprint density at radius 2 is 2.04 bits per heavy atom. The molecule has 2 atom stereocenters. The third kappa shape index (κ3) is 2.78. The fraction of sp³-hybridized carbons (Fsp3) is 0.381. The number of hydrogen-bond acceptors (Lipinski definition) is 7. The van der Waals surface area contributed by atoms with Crippen LogP contribution in [0.2, 0.25) is 0 Å². The van der Waals surface area contributed by atoms with E-state index in [9.17, 15) is 0 Å². The summed E-state index contributed by atoms with van der Waals surface area (Å²) in [6.07, 6.45) is 5.75. The number of piperidine rings is 1. The molecule has 144 valence electrons. The molecule has 2 bridgehead atoms. The van der Waals surface area contributed by atoms with Gasteiger partial charge < -0.3 is 18.9 Å². The fourth-order valence-electron chi connectivity index (χ4n) is 4.40. The van der Waals surface area contributed by atoms with Crippen LogP contribution < -0.4 is 14.4 Å². The maximum Gasteiger partial charge on any atom is 0.259 e. The summed E-state index contributed by atoms with van der Waals surface area (Å²) < 4.78 is 16.3. The smallest absolute Gasteiger partial charge is 0.259 e. The highest BCUT2D eigenvalue weighted by molar-refractivity contribution is 5.70. The van der Waals surface area contributed by atoms with Crippen molar-refractivity contribution in [2.24, 2.45) is 5.92 Å². The van der Waals surface area contributed by atoms with Crippen LogP contribution in [-0.2, 0) is 0 Å². The van der Waals surface area contributed by atoms with E-state index in [2.05, 4.69) is 20.0 Å². The summed E-state index contributed by atoms with van der Waals surface area (Å²) in [6.45, 7) is 1.12. The molecule has 3 heterocycles. The Kier molecular flexibility index (Phi) is 4.15. The molecule has 0 radical (unpaired) electrons. The minimum Gasteiger partial charge on any atom is -0.493 e. The molecule has 1 saturated carbocycles. The molecule has 0 spiro atoms. The van der Waals surface area contributed by atoms with Gasteiger partial charge in [0.1, 0.15) is 5.82 Å². The lowest BCUT2D eigenvalue weighted by atomic mass is 10.1. The molecule has 28 heavy (non-hydrogen) atoms. The first-order valence-electron chi connectivity index (χ1n) is 9.55. The number of anilines is 1. The van der Waals surface area contributed by atoms with Gasteiger partial charge in [-0.25, -0.2) is 4.98 Å². The SMILES string of the molecule is COc1cccc(-c2noc(-c3ccc(N4CC5CCC4C5)nc3)n2)c1OC. The number of benzene rings is 1. The predicted octanol–water partition coefficient (Wildman–Crippen LogP) is 3.80. The second-order valence-corrected chi connectivity index (χ2v) is 7.35. The Hall–Kier alpha value is -3.09. The van der Waals surface area contributed by atoms with Crippen LogP contribution in [0.3, 0.4) is 0 Å². The highest BCUT2D eigenvalue weighted by atomic mass is 16.5. The zero-order chi connectivity index (χ0) is 19.1. The highest BCUT2D eigenvalue weighted by Gasteiger charge is 2.38. The van der Waals surface area contributed by atoms with Crippen LogP contribution in [0.15, 0.2) is 41.1 Å². The summed E-state index contributed by atoms with van der Waals surface area (Å²) in [5.74, 6) is 3.95. The molecule has 1 aliphatic heterocycles. The number of nitrogens with zero attached hydrogens (tertiary/aromatic N) is 4. The lowest BCUT2D eigenvalue weighted by Gasteiger charge is -2.27. The highest BCUT2D eigenvalue weighted by Crippen LogP contribution is 2.40. The molecule has 2 aromatic heterocycles. The van der Waals surface area contributed by atoms with Crippen molar-refractivity contribution in [2.75, 3.05) is 25.7 Å². The molecule has 1 saturated heterocycles. The van der Waals surface area contributed by atoms with Crippen molar-refractivity contribution in [1.29, 1.82) is 0 Å². The molecule has 2 aliphatic rings. The van der Waals surface area contributed by atoms with E-state index >= 15 is 0 Å². The molecule has 1 aromatic carbocycles. The van der Waals surface area contributed by atoms with Crippen molar-refractivity contribution in [3.8, 4) is 34.3 Å². The van der Waals surface area contributed by atoms with Gasteiger partial charge in [0, 0.05) is 18.8 Å². The number of rotatable bonds is 5. The van der Waals surface area contributed by atoms with Gasteiger partial charge >= 0.3 is 0 Å². The van der Waals surface area contributed by atoms with Gasteiger partial charge in [0.25, 0.3) is 5.89 Å². The lowest BCUT2D eigenvalue weighted by molar-refractivity contribution is 0.355. The molecule has 0 amide bonds. The van der Waals surface area contributed by atoms with Crippen molar-refractivity contribution in [1.82, 2.24) is 15.1 Å². The van der Waals surface area contributed by atoms with Gasteiger partial charge in [0.05, 0.1) is 25.3 Å². The molecule has 0 N–H and O–H groups in total. The molecular weight excluding hydrogens is 356 g/mol. The number of pyridine rings is 1. The average molecular weight is 378 g/mol. The van der Waals surface area contributed by atoms with Crippen molar-refractivity contribution in [3.05, 3.63) is 36.5 Å². The van der Waals surface area contributed by atoms with E-state index in [1.54, 1.807) is 20.4 Å².